The molecule has 0 heterocycles. The van der Waals surface area contributed by atoms with Crippen molar-refractivity contribution in [3.8, 4) is 5.75 Å². The number of carbonyl (C=O) groups excluding carboxylic acids is 3. The first kappa shape index (κ1) is 32.7. The number of benzene rings is 2. The van der Waals surface area contributed by atoms with Crippen molar-refractivity contribution in [3.63, 3.8) is 0 Å². The number of hydrogen-bond acceptors (Lipinski definition) is 6. The van der Waals surface area contributed by atoms with Crippen molar-refractivity contribution in [2.45, 2.75) is 71.0 Å². The highest BCUT2D eigenvalue weighted by Gasteiger charge is 2.38. The van der Waals surface area contributed by atoms with Crippen LogP contribution in [0.4, 0.5) is 4.39 Å². The molecule has 0 unspecified atom stereocenters. The summed E-state index contributed by atoms with van der Waals surface area (Å²) in [5.41, 5.74) is 10.3. The lowest BCUT2D eigenvalue weighted by Crippen LogP contribution is -2.58. The van der Waals surface area contributed by atoms with E-state index in [9.17, 15) is 23.9 Å². The van der Waals surface area contributed by atoms with E-state index >= 15 is 0 Å². The number of carbonyl (C=O) groups is 3. The van der Waals surface area contributed by atoms with Crippen LogP contribution in [0.1, 0.15) is 51.3 Å². The fourth-order valence-electron chi connectivity index (χ4n) is 4.73. The first-order valence-corrected chi connectivity index (χ1v) is 13.3. The van der Waals surface area contributed by atoms with E-state index in [0.29, 0.717) is 11.1 Å². The molecule has 0 aromatic heterocycles. The topological polar surface area (TPSA) is 125 Å². The first-order valence-electron chi connectivity index (χ1n) is 13.3. The summed E-state index contributed by atoms with van der Waals surface area (Å²) in [6, 6.07) is 8.02. The highest BCUT2D eigenvalue weighted by molar-refractivity contribution is 5.93. The number of phenolic OH excluding ortho intramolecular Hbond substituents is 1. The number of rotatable bonds is 11. The Balaban J connectivity index is 2.32. The van der Waals surface area contributed by atoms with E-state index in [0.717, 1.165) is 5.56 Å². The SMILES string of the molecule is CONC(=O)[C@H](Cc1ccc(O)c(C(C)(C)C)c1)N(C)C(=O)[C@H](C(C)C)N(C)C(=O)[C@@H](N)Cc1ccc(F)cc1. The van der Waals surface area contributed by atoms with Crippen molar-refractivity contribution in [2.24, 2.45) is 11.7 Å². The van der Waals surface area contributed by atoms with Gasteiger partial charge in [-0.25, -0.2) is 9.87 Å². The van der Waals surface area contributed by atoms with Crippen LogP contribution >= 0.6 is 0 Å². The second-order valence-electron chi connectivity index (χ2n) is 11.5. The smallest absolute Gasteiger partial charge is 0.266 e. The zero-order valence-corrected chi connectivity index (χ0v) is 24.7. The van der Waals surface area contributed by atoms with Crippen molar-refractivity contribution in [2.75, 3.05) is 21.2 Å². The molecule has 0 bridgehead atoms. The Bertz CT molecular complexity index is 1180. The molecular weight excluding hydrogens is 515 g/mol. The molecule has 0 fully saturated rings. The van der Waals surface area contributed by atoms with Crippen LogP contribution in [0.2, 0.25) is 0 Å². The molecule has 40 heavy (non-hydrogen) atoms. The minimum absolute atomic E-state index is 0.146. The van der Waals surface area contributed by atoms with Gasteiger partial charge >= 0.3 is 0 Å². The largest absolute Gasteiger partial charge is 0.508 e. The van der Waals surface area contributed by atoms with Crippen molar-refractivity contribution in [1.29, 1.82) is 0 Å². The Morgan fingerprint density at radius 3 is 2.08 bits per heavy atom. The number of nitrogens with two attached hydrogens (primary N) is 1. The molecular formula is C30H43FN4O5. The summed E-state index contributed by atoms with van der Waals surface area (Å²) in [5.74, 6) is -1.96. The molecule has 2 aromatic rings. The van der Waals surface area contributed by atoms with E-state index in [1.165, 1.54) is 43.1 Å². The Morgan fingerprint density at radius 1 is 0.975 bits per heavy atom. The van der Waals surface area contributed by atoms with E-state index in [4.69, 9.17) is 10.6 Å². The summed E-state index contributed by atoms with van der Waals surface area (Å²) < 4.78 is 13.3. The number of phenols is 1. The van der Waals surface area contributed by atoms with Crippen LogP contribution in [-0.2, 0) is 37.5 Å². The molecule has 0 saturated heterocycles. The number of amides is 3. The zero-order valence-electron chi connectivity index (χ0n) is 24.7. The molecule has 2 aromatic carbocycles. The monoisotopic (exact) mass is 558 g/mol. The second kappa shape index (κ2) is 13.7. The van der Waals surface area contributed by atoms with Gasteiger partial charge < -0.3 is 20.6 Å². The summed E-state index contributed by atoms with van der Waals surface area (Å²) >= 11 is 0. The van der Waals surface area contributed by atoms with E-state index < -0.39 is 35.8 Å². The number of halogens is 1. The predicted octanol–water partition coefficient (Wildman–Crippen LogP) is 2.93. The number of hydroxylamine groups is 1. The van der Waals surface area contributed by atoms with Crippen LogP contribution < -0.4 is 11.2 Å². The van der Waals surface area contributed by atoms with Crippen LogP contribution in [0.3, 0.4) is 0 Å². The third-order valence-corrected chi connectivity index (χ3v) is 6.95. The van der Waals surface area contributed by atoms with Gasteiger partial charge in [-0.05, 0) is 52.6 Å². The van der Waals surface area contributed by atoms with Gasteiger partial charge in [-0.15, -0.1) is 0 Å². The van der Waals surface area contributed by atoms with Crippen molar-refractivity contribution in [3.05, 3.63) is 65.0 Å². The van der Waals surface area contributed by atoms with E-state index in [-0.39, 0.29) is 35.7 Å². The third-order valence-electron chi connectivity index (χ3n) is 6.95. The average molecular weight is 559 g/mol. The van der Waals surface area contributed by atoms with Gasteiger partial charge in [-0.3, -0.25) is 19.2 Å². The predicted molar refractivity (Wildman–Crippen MR) is 152 cm³/mol. The molecule has 4 N–H and O–H groups in total. The molecule has 0 aliphatic carbocycles. The van der Waals surface area contributed by atoms with Crippen molar-refractivity contribution >= 4 is 17.7 Å². The standard InChI is InChI=1S/C30H43FN4O5/c1-18(2)26(35(7)28(38)23(32)16-19-9-12-21(31)13-10-19)29(39)34(6)24(27(37)33-40-8)17-20-11-14-25(36)22(15-20)30(3,4)5/h9-15,18,23-24,26,36H,16-17,32H2,1-8H3,(H,33,37)/t23-,24-,26-/m0/s1. The normalized spacial score (nSPS) is 13.9. The first-order chi connectivity index (χ1) is 18.6. The van der Waals surface area contributed by atoms with E-state index in [2.05, 4.69) is 5.48 Å². The van der Waals surface area contributed by atoms with Crippen LogP contribution in [0.5, 0.6) is 5.75 Å². The summed E-state index contributed by atoms with van der Waals surface area (Å²) in [6.07, 6.45) is 0.321. The lowest BCUT2D eigenvalue weighted by atomic mass is 9.84. The second-order valence-corrected chi connectivity index (χ2v) is 11.5. The van der Waals surface area contributed by atoms with Gasteiger partial charge in [0.15, 0.2) is 0 Å². The number of hydrogen-bond donors (Lipinski definition) is 3. The lowest BCUT2D eigenvalue weighted by molar-refractivity contribution is -0.151. The number of likely N-dealkylation sites (N-methyl/N-ethyl adjacent to an activating group) is 2. The minimum Gasteiger partial charge on any atom is -0.508 e. The molecule has 2 rings (SSSR count). The Labute approximate surface area is 236 Å². The molecule has 9 nitrogen and oxygen atoms in total. The van der Waals surface area contributed by atoms with Gasteiger partial charge in [-0.1, -0.05) is 58.9 Å². The molecule has 10 heteroatoms. The molecule has 0 saturated carbocycles. The summed E-state index contributed by atoms with van der Waals surface area (Å²) in [4.78, 5) is 47.7. The molecule has 0 aliphatic heterocycles. The molecule has 0 radical (unpaired) electrons. The van der Waals surface area contributed by atoms with Gasteiger partial charge in [0.25, 0.3) is 5.91 Å². The van der Waals surface area contributed by atoms with E-state index in [1.807, 2.05) is 40.7 Å². The fourth-order valence-corrected chi connectivity index (χ4v) is 4.73. The molecule has 0 spiro atoms. The number of nitrogens with zero attached hydrogens (tertiary/aromatic N) is 2. The molecule has 3 atom stereocenters. The van der Waals surface area contributed by atoms with Gasteiger partial charge in [-0.2, -0.15) is 0 Å². The Morgan fingerprint density at radius 2 is 1.55 bits per heavy atom. The van der Waals surface area contributed by atoms with Crippen LogP contribution in [0.15, 0.2) is 42.5 Å². The molecule has 0 aliphatic rings. The third kappa shape index (κ3) is 8.25. The maximum absolute atomic E-state index is 13.9. The van der Waals surface area contributed by atoms with Gasteiger partial charge in [0, 0.05) is 20.5 Å². The minimum atomic E-state index is -0.970. The highest BCUT2D eigenvalue weighted by Crippen LogP contribution is 2.32. The maximum atomic E-state index is 13.9. The Hall–Kier alpha value is -3.50. The van der Waals surface area contributed by atoms with Crippen LogP contribution in [0.25, 0.3) is 0 Å². The summed E-state index contributed by atoms with van der Waals surface area (Å²) in [5, 5.41) is 10.4. The number of aromatic hydroxyl groups is 1. The maximum Gasteiger partial charge on any atom is 0.266 e. The Kier molecular flexibility index (Phi) is 11.2. The summed E-state index contributed by atoms with van der Waals surface area (Å²) in [7, 11) is 4.34. The number of nitrogens with one attached hydrogen (secondary N) is 1. The quantitative estimate of drug-likeness (QED) is 0.364. The zero-order chi connectivity index (χ0) is 30.4. The summed E-state index contributed by atoms with van der Waals surface area (Å²) in [6.45, 7) is 9.53. The van der Waals surface area contributed by atoms with Gasteiger partial charge in [0.2, 0.25) is 11.8 Å². The van der Waals surface area contributed by atoms with Crippen LogP contribution in [-0.4, -0.2) is 72.0 Å². The van der Waals surface area contributed by atoms with Crippen LogP contribution in [0, 0.1) is 11.7 Å². The van der Waals surface area contributed by atoms with E-state index in [1.54, 1.807) is 24.3 Å². The van der Waals surface area contributed by atoms with Gasteiger partial charge in [0.05, 0.1) is 13.2 Å². The average Bonchev–Trinajstić information content (AvgIpc) is 2.87. The highest BCUT2D eigenvalue weighted by atomic mass is 19.1. The fraction of sp³-hybridized carbons (Fsp3) is 0.500. The van der Waals surface area contributed by atoms with Crippen molar-refractivity contribution < 1.29 is 28.7 Å². The molecule has 3 amide bonds. The lowest BCUT2D eigenvalue weighted by Gasteiger charge is -2.37. The molecule has 220 valence electrons. The van der Waals surface area contributed by atoms with Crippen molar-refractivity contribution in [1.82, 2.24) is 15.3 Å². The van der Waals surface area contributed by atoms with Gasteiger partial charge in [0.1, 0.15) is 23.7 Å².